The average molecular weight is 668 g/mol. The van der Waals surface area contributed by atoms with Gasteiger partial charge in [0.1, 0.15) is 5.82 Å². The Hall–Kier alpha value is -3.67. The smallest absolute Gasteiger partial charge is 0.256 e. The number of nitrogens with one attached hydrogen (secondary N) is 2. The van der Waals surface area contributed by atoms with Gasteiger partial charge in [0, 0.05) is 82.2 Å². The zero-order valence-electron chi connectivity index (χ0n) is 28.7. The Morgan fingerprint density at radius 2 is 1.38 bits per heavy atom. The second-order valence-electron chi connectivity index (χ2n) is 11.8. The SMILES string of the molecule is C.CC.CC.N=C(Cc1ccc(F)c(C(=O)N2CCN(C(=O)CN3CCN(CC4CCNCC4)CC3)CC2)c1)c1ccccc1C(N)=O. The van der Waals surface area contributed by atoms with Gasteiger partial charge < -0.3 is 31.2 Å². The van der Waals surface area contributed by atoms with E-state index in [0.29, 0.717) is 43.9 Å². The number of benzene rings is 2. The molecule has 11 heteroatoms. The van der Waals surface area contributed by atoms with E-state index in [9.17, 15) is 18.8 Å². The normalized spacial score (nSPS) is 17.2. The topological polar surface area (TPSA) is 126 Å². The van der Waals surface area contributed by atoms with Crippen LogP contribution in [-0.2, 0) is 11.2 Å². The van der Waals surface area contributed by atoms with Crippen LogP contribution >= 0.6 is 0 Å². The fraction of sp³-hybridized carbons (Fsp3) is 0.568. The van der Waals surface area contributed by atoms with Crippen LogP contribution in [-0.4, -0.2) is 122 Å². The van der Waals surface area contributed by atoms with E-state index >= 15 is 0 Å². The standard InChI is InChI=1S/C32H42FN7O3.2C2H6.CH4/c33-28-6-5-24(20-29(34)25-3-1-2-4-26(25)31(35)42)19-27(28)32(43)40-17-15-39(16-18-40)30(41)22-38-13-11-37(12-14-38)21-23-7-9-36-10-8-23;2*1-2;/h1-6,19,23,34,36H,7-18,20-22H2,(H2,35,42);2*1-2H3;1H4. The second-order valence-corrected chi connectivity index (χ2v) is 11.8. The molecular weight excluding hydrogens is 609 g/mol. The van der Waals surface area contributed by atoms with Crippen LogP contribution in [0, 0.1) is 17.1 Å². The molecule has 0 aliphatic carbocycles. The van der Waals surface area contributed by atoms with Crippen molar-refractivity contribution in [2.45, 2.75) is 54.4 Å². The van der Waals surface area contributed by atoms with Crippen LogP contribution in [0.4, 0.5) is 4.39 Å². The van der Waals surface area contributed by atoms with E-state index in [1.807, 2.05) is 27.7 Å². The number of amides is 3. The number of primary amides is 1. The van der Waals surface area contributed by atoms with Crippen molar-refractivity contribution in [3.63, 3.8) is 0 Å². The van der Waals surface area contributed by atoms with Crippen molar-refractivity contribution in [2.24, 2.45) is 11.7 Å². The third-order valence-electron chi connectivity index (χ3n) is 8.88. The first-order chi connectivity index (χ1) is 22.8. The Balaban J connectivity index is 0.00000154. The molecule has 3 saturated heterocycles. The van der Waals surface area contributed by atoms with Gasteiger partial charge in [-0.2, -0.15) is 0 Å². The summed E-state index contributed by atoms with van der Waals surface area (Å²) in [6, 6.07) is 10.9. The first-order valence-electron chi connectivity index (χ1n) is 17.3. The minimum absolute atomic E-state index is 0. The van der Waals surface area contributed by atoms with Crippen molar-refractivity contribution >= 4 is 23.4 Å². The zero-order valence-corrected chi connectivity index (χ0v) is 28.7. The highest BCUT2D eigenvalue weighted by atomic mass is 19.1. The van der Waals surface area contributed by atoms with Gasteiger partial charge in [-0.3, -0.25) is 19.3 Å². The summed E-state index contributed by atoms with van der Waals surface area (Å²) in [5, 5.41) is 11.9. The highest BCUT2D eigenvalue weighted by Crippen LogP contribution is 2.19. The predicted octanol–water partition coefficient (Wildman–Crippen LogP) is 4.13. The second kappa shape index (κ2) is 20.6. The highest BCUT2D eigenvalue weighted by molar-refractivity contribution is 6.09. The number of piperidine rings is 1. The Bertz CT molecular complexity index is 1330. The van der Waals surface area contributed by atoms with Crippen molar-refractivity contribution < 1.29 is 18.8 Å². The third kappa shape index (κ3) is 11.2. The molecule has 3 amide bonds. The lowest BCUT2D eigenvalue weighted by Crippen LogP contribution is -2.55. The van der Waals surface area contributed by atoms with Gasteiger partial charge >= 0.3 is 0 Å². The maximum absolute atomic E-state index is 14.8. The monoisotopic (exact) mass is 667 g/mol. The molecule has 10 nitrogen and oxygen atoms in total. The predicted molar refractivity (Wildman–Crippen MR) is 192 cm³/mol. The molecule has 3 aliphatic heterocycles. The summed E-state index contributed by atoms with van der Waals surface area (Å²) in [5.74, 6) is -0.847. The molecule has 0 atom stereocenters. The van der Waals surface area contributed by atoms with Gasteiger partial charge in [-0.25, -0.2) is 4.39 Å². The molecule has 3 heterocycles. The van der Waals surface area contributed by atoms with E-state index in [-0.39, 0.29) is 36.6 Å². The summed E-state index contributed by atoms with van der Waals surface area (Å²) >= 11 is 0. The summed E-state index contributed by atoms with van der Waals surface area (Å²) in [4.78, 5) is 46.2. The fourth-order valence-corrected chi connectivity index (χ4v) is 6.29. The molecule has 0 spiro atoms. The Morgan fingerprint density at radius 1 is 0.812 bits per heavy atom. The molecule has 266 valence electrons. The van der Waals surface area contributed by atoms with Crippen molar-refractivity contribution in [3.8, 4) is 0 Å². The van der Waals surface area contributed by atoms with E-state index in [2.05, 4.69) is 15.1 Å². The maximum Gasteiger partial charge on any atom is 0.256 e. The Morgan fingerprint density at radius 3 is 1.98 bits per heavy atom. The van der Waals surface area contributed by atoms with Crippen LogP contribution in [0.25, 0.3) is 0 Å². The molecule has 0 unspecified atom stereocenters. The fourth-order valence-electron chi connectivity index (χ4n) is 6.29. The molecule has 2 aromatic carbocycles. The average Bonchev–Trinajstić information content (AvgIpc) is 3.12. The van der Waals surface area contributed by atoms with Gasteiger partial charge in [-0.05, 0) is 55.6 Å². The molecule has 0 radical (unpaired) electrons. The molecule has 3 aliphatic rings. The van der Waals surface area contributed by atoms with E-state index in [1.54, 1.807) is 34.1 Å². The summed E-state index contributed by atoms with van der Waals surface area (Å²) in [6.45, 7) is 17.0. The number of carbonyl (C=O) groups excluding carboxylic acids is 3. The van der Waals surface area contributed by atoms with E-state index in [0.717, 1.165) is 51.7 Å². The van der Waals surface area contributed by atoms with Gasteiger partial charge in [0.05, 0.1) is 12.1 Å². The highest BCUT2D eigenvalue weighted by Gasteiger charge is 2.29. The number of rotatable bonds is 9. The van der Waals surface area contributed by atoms with Gasteiger partial charge in [0.2, 0.25) is 11.8 Å². The number of halogens is 1. The maximum atomic E-state index is 14.8. The minimum Gasteiger partial charge on any atom is -0.366 e. The van der Waals surface area contributed by atoms with Gasteiger partial charge in [-0.1, -0.05) is 59.4 Å². The van der Waals surface area contributed by atoms with Gasteiger partial charge in [0.15, 0.2) is 0 Å². The minimum atomic E-state index is -0.629. The molecule has 5 rings (SSSR count). The van der Waals surface area contributed by atoms with Gasteiger partial charge in [0.25, 0.3) is 5.91 Å². The van der Waals surface area contributed by atoms with Crippen LogP contribution in [0.1, 0.15) is 79.8 Å². The summed E-state index contributed by atoms with van der Waals surface area (Å²) in [5.41, 5.74) is 6.78. The van der Waals surface area contributed by atoms with Crippen molar-refractivity contribution in [1.29, 1.82) is 5.41 Å². The first-order valence-corrected chi connectivity index (χ1v) is 17.3. The molecule has 0 bridgehead atoms. The summed E-state index contributed by atoms with van der Waals surface area (Å²) < 4.78 is 14.8. The number of hydrogen-bond donors (Lipinski definition) is 3. The number of nitrogens with zero attached hydrogens (tertiary/aromatic N) is 4. The molecule has 4 N–H and O–H groups in total. The van der Waals surface area contributed by atoms with E-state index in [4.69, 9.17) is 11.1 Å². The Labute approximate surface area is 287 Å². The number of hydrogen-bond acceptors (Lipinski definition) is 7. The van der Waals surface area contributed by atoms with Crippen molar-refractivity contribution in [1.82, 2.24) is 24.9 Å². The molecule has 48 heavy (non-hydrogen) atoms. The lowest BCUT2D eigenvalue weighted by atomic mass is 9.96. The van der Waals surface area contributed by atoms with Gasteiger partial charge in [-0.15, -0.1) is 0 Å². The molecule has 3 fully saturated rings. The van der Waals surface area contributed by atoms with Crippen LogP contribution in [0.3, 0.4) is 0 Å². The zero-order chi connectivity index (χ0) is 34.3. The van der Waals surface area contributed by atoms with Crippen LogP contribution in [0.2, 0.25) is 0 Å². The number of piperazine rings is 2. The van der Waals surface area contributed by atoms with Crippen molar-refractivity contribution in [3.05, 3.63) is 70.5 Å². The Kier molecular flexibility index (Phi) is 17.4. The summed E-state index contributed by atoms with van der Waals surface area (Å²) in [7, 11) is 0. The summed E-state index contributed by atoms with van der Waals surface area (Å²) in [6.07, 6.45) is 2.59. The quantitative estimate of drug-likeness (QED) is 0.346. The lowest BCUT2D eigenvalue weighted by molar-refractivity contribution is -0.134. The van der Waals surface area contributed by atoms with Crippen LogP contribution in [0.15, 0.2) is 42.5 Å². The van der Waals surface area contributed by atoms with Crippen molar-refractivity contribution in [2.75, 3.05) is 78.5 Å². The third-order valence-corrected chi connectivity index (χ3v) is 8.88. The molecule has 0 saturated carbocycles. The first kappa shape index (κ1) is 40.5. The van der Waals surface area contributed by atoms with E-state index in [1.165, 1.54) is 31.0 Å². The lowest BCUT2D eigenvalue weighted by Gasteiger charge is -2.39. The number of nitrogens with two attached hydrogens (primary N) is 1. The largest absolute Gasteiger partial charge is 0.366 e. The van der Waals surface area contributed by atoms with Crippen LogP contribution in [0.5, 0.6) is 0 Å². The van der Waals surface area contributed by atoms with Crippen LogP contribution < -0.4 is 11.1 Å². The molecular formula is C37H58FN7O3. The molecule has 2 aromatic rings. The molecule has 0 aromatic heterocycles. The van der Waals surface area contributed by atoms with E-state index < -0.39 is 17.6 Å². The number of carbonyl (C=O) groups is 3.